The van der Waals surface area contributed by atoms with E-state index >= 15 is 0 Å². The summed E-state index contributed by atoms with van der Waals surface area (Å²) in [6, 6.07) is 4.03. The van der Waals surface area contributed by atoms with Gasteiger partial charge in [0.1, 0.15) is 11.9 Å². The van der Waals surface area contributed by atoms with Crippen LogP contribution in [0.1, 0.15) is 18.4 Å². The van der Waals surface area contributed by atoms with Crippen molar-refractivity contribution in [1.82, 2.24) is 4.98 Å². The summed E-state index contributed by atoms with van der Waals surface area (Å²) in [5, 5.41) is 0. The van der Waals surface area contributed by atoms with Crippen molar-refractivity contribution in [3.8, 4) is 0 Å². The third-order valence-corrected chi connectivity index (χ3v) is 4.18. The van der Waals surface area contributed by atoms with Crippen molar-refractivity contribution in [1.29, 1.82) is 0 Å². The normalized spacial score (nSPS) is 28.1. The Labute approximate surface area is 130 Å². The molecule has 3 nitrogen and oxygen atoms in total. The van der Waals surface area contributed by atoms with Crippen LogP contribution in [0.3, 0.4) is 0 Å². The molecule has 0 saturated carbocycles. The summed E-state index contributed by atoms with van der Waals surface area (Å²) in [7, 11) is 0. The molecule has 2 aliphatic heterocycles. The third-order valence-electron chi connectivity index (χ3n) is 4.18. The molecule has 0 aromatic carbocycles. The van der Waals surface area contributed by atoms with E-state index < -0.39 is 0 Å². The Balaban J connectivity index is 1.63. The highest BCUT2D eigenvalue weighted by atomic mass is 16.5. The number of aliphatic imine (C=N–C) groups is 1. The molecule has 110 valence electrons. The Bertz CT molecular complexity index is 710. The minimum atomic E-state index is 0.152. The first-order valence-electron chi connectivity index (χ1n) is 7.79. The van der Waals surface area contributed by atoms with Crippen LogP contribution >= 0.6 is 0 Å². The molecule has 0 radical (unpaired) electrons. The van der Waals surface area contributed by atoms with E-state index in [0.717, 1.165) is 36.4 Å². The molecule has 0 bridgehead atoms. The Morgan fingerprint density at radius 2 is 2.18 bits per heavy atom. The van der Waals surface area contributed by atoms with Crippen molar-refractivity contribution in [2.75, 3.05) is 6.54 Å². The van der Waals surface area contributed by atoms with Crippen LogP contribution < -0.4 is 0 Å². The largest absolute Gasteiger partial charge is 0.486 e. The second-order valence-electron chi connectivity index (χ2n) is 5.74. The first-order valence-corrected chi connectivity index (χ1v) is 7.79. The molecular formula is C19H18N2O. The van der Waals surface area contributed by atoms with Crippen LogP contribution in [-0.2, 0) is 4.74 Å². The zero-order chi connectivity index (χ0) is 14.8. The van der Waals surface area contributed by atoms with Crippen molar-refractivity contribution in [3.63, 3.8) is 0 Å². The smallest absolute Gasteiger partial charge is 0.127 e. The highest BCUT2D eigenvalue weighted by Crippen LogP contribution is 2.30. The van der Waals surface area contributed by atoms with Crippen LogP contribution in [-0.4, -0.2) is 23.3 Å². The monoisotopic (exact) mass is 290 g/mol. The highest BCUT2D eigenvalue weighted by Gasteiger charge is 2.26. The van der Waals surface area contributed by atoms with Crippen molar-refractivity contribution in [2.24, 2.45) is 10.9 Å². The first kappa shape index (κ1) is 13.3. The summed E-state index contributed by atoms with van der Waals surface area (Å²) < 4.78 is 6.03. The van der Waals surface area contributed by atoms with Gasteiger partial charge in [0.25, 0.3) is 0 Å². The summed E-state index contributed by atoms with van der Waals surface area (Å²) in [5.41, 5.74) is 3.39. The van der Waals surface area contributed by atoms with Gasteiger partial charge in [-0.15, -0.1) is 0 Å². The number of hydrogen-bond donors (Lipinski definition) is 0. The van der Waals surface area contributed by atoms with Gasteiger partial charge in [-0.25, -0.2) is 0 Å². The molecular weight excluding hydrogens is 272 g/mol. The SMILES string of the molecule is C1=CC2C=C(/C=C3\CCCN=C3c3cccnc3)OC2C=C1. The van der Waals surface area contributed by atoms with Gasteiger partial charge in [0, 0.05) is 30.4 Å². The van der Waals surface area contributed by atoms with Gasteiger partial charge < -0.3 is 4.74 Å². The van der Waals surface area contributed by atoms with Gasteiger partial charge in [-0.1, -0.05) is 18.2 Å². The van der Waals surface area contributed by atoms with E-state index in [2.05, 4.69) is 41.4 Å². The predicted molar refractivity (Wildman–Crippen MR) is 87.7 cm³/mol. The second kappa shape index (κ2) is 5.76. The highest BCUT2D eigenvalue weighted by molar-refractivity contribution is 6.13. The van der Waals surface area contributed by atoms with E-state index in [1.807, 2.05) is 18.3 Å². The van der Waals surface area contributed by atoms with Crippen LogP contribution in [0.5, 0.6) is 0 Å². The molecule has 1 aromatic rings. The lowest BCUT2D eigenvalue weighted by atomic mass is 9.95. The Hall–Kier alpha value is -2.42. The predicted octanol–water partition coefficient (Wildman–Crippen LogP) is 3.62. The zero-order valence-electron chi connectivity index (χ0n) is 12.4. The van der Waals surface area contributed by atoms with Crippen molar-refractivity contribution in [3.05, 3.63) is 77.9 Å². The molecule has 0 saturated heterocycles. The van der Waals surface area contributed by atoms with E-state index in [-0.39, 0.29) is 6.10 Å². The molecule has 2 atom stereocenters. The molecule has 1 aromatic heterocycles. The van der Waals surface area contributed by atoms with Gasteiger partial charge in [-0.3, -0.25) is 9.98 Å². The molecule has 0 amide bonds. The van der Waals surface area contributed by atoms with Crippen molar-refractivity contribution >= 4 is 5.71 Å². The average molecular weight is 290 g/mol. The van der Waals surface area contributed by atoms with E-state index in [1.165, 1.54) is 5.57 Å². The van der Waals surface area contributed by atoms with Gasteiger partial charge in [-0.05, 0) is 48.8 Å². The zero-order valence-corrected chi connectivity index (χ0v) is 12.4. The minimum absolute atomic E-state index is 0.152. The number of allylic oxidation sites excluding steroid dienone is 4. The lowest BCUT2D eigenvalue weighted by molar-refractivity contribution is 0.173. The van der Waals surface area contributed by atoms with Crippen molar-refractivity contribution < 1.29 is 4.74 Å². The molecule has 22 heavy (non-hydrogen) atoms. The standard InChI is InChI=1S/C19H18N2O/c1-2-8-18-14(5-1)11-17(22-18)12-15-6-4-10-21-19(15)16-7-3-9-20-13-16/h1-3,5,7-9,11-14,18H,4,6,10H2/b15-12+. The fraction of sp³-hybridized carbons (Fsp3) is 0.263. The van der Waals surface area contributed by atoms with Gasteiger partial charge in [0.05, 0.1) is 5.71 Å². The first-order chi connectivity index (χ1) is 10.9. The van der Waals surface area contributed by atoms with Gasteiger partial charge in [-0.2, -0.15) is 0 Å². The number of nitrogens with zero attached hydrogens (tertiary/aromatic N) is 2. The summed E-state index contributed by atoms with van der Waals surface area (Å²) >= 11 is 0. The maximum Gasteiger partial charge on any atom is 0.127 e. The molecule has 3 heterocycles. The molecule has 2 unspecified atom stereocenters. The Kier molecular flexibility index (Phi) is 3.47. The van der Waals surface area contributed by atoms with Gasteiger partial charge in [0.2, 0.25) is 0 Å². The fourth-order valence-electron chi connectivity index (χ4n) is 3.11. The van der Waals surface area contributed by atoms with Gasteiger partial charge >= 0.3 is 0 Å². The molecule has 3 heteroatoms. The maximum atomic E-state index is 6.03. The summed E-state index contributed by atoms with van der Waals surface area (Å²) in [4.78, 5) is 8.92. The molecule has 1 aliphatic carbocycles. The number of ether oxygens (including phenoxy) is 1. The third kappa shape index (κ3) is 2.54. The maximum absolute atomic E-state index is 6.03. The summed E-state index contributed by atoms with van der Waals surface area (Å²) in [6.45, 7) is 0.887. The van der Waals surface area contributed by atoms with Crippen LogP contribution in [0, 0.1) is 5.92 Å². The Morgan fingerprint density at radius 3 is 3.05 bits per heavy atom. The van der Waals surface area contributed by atoms with Crippen molar-refractivity contribution in [2.45, 2.75) is 18.9 Å². The lowest BCUT2D eigenvalue weighted by Gasteiger charge is -2.17. The number of aromatic nitrogens is 1. The summed E-state index contributed by atoms with van der Waals surface area (Å²) in [6.07, 6.45) is 18.8. The summed E-state index contributed by atoms with van der Waals surface area (Å²) in [5.74, 6) is 1.32. The molecule has 3 aliphatic rings. The Morgan fingerprint density at radius 1 is 1.23 bits per heavy atom. The lowest BCUT2D eigenvalue weighted by Crippen LogP contribution is -2.14. The number of fused-ring (bicyclic) bond motifs is 1. The fourth-order valence-corrected chi connectivity index (χ4v) is 3.11. The van der Waals surface area contributed by atoms with Crippen LogP contribution in [0.4, 0.5) is 0 Å². The number of hydrogen-bond acceptors (Lipinski definition) is 3. The van der Waals surface area contributed by atoms with E-state index in [9.17, 15) is 0 Å². The van der Waals surface area contributed by atoms with E-state index in [1.54, 1.807) is 6.20 Å². The number of rotatable bonds is 2. The van der Waals surface area contributed by atoms with E-state index in [0.29, 0.717) is 5.92 Å². The molecule has 0 spiro atoms. The van der Waals surface area contributed by atoms with Crippen LogP contribution in [0.2, 0.25) is 0 Å². The second-order valence-corrected chi connectivity index (χ2v) is 5.74. The van der Waals surface area contributed by atoms with E-state index in [4.69, 9.17) is 9.73 Å². The molecule has 4 rings (SSSR count). The van der Waals surface area contributed by atoms with Crippen LogP contribution in [0.15, 0.2) is 77.3 Å². The molecule has 0 N–H and O–H groups in total. The minimum Gasteiger partial charge on any atom is -0.486 e. The topological polar surface area (TPSA) is 34.5 Å². The number of pyridine rings is 1. The molecule has 0 fully saturated rings. The van der Waals surface area contributed by atoms with Crippen LogP contribution in [0.25, 0.3) is 0 Å². The quantitative estimate of drug-likeness (QED) is 0.834. The average Bonchev–Trinajstić information content (AvgIpc) is 2.98. The van der Waals surface area contributed by atoms with Gasteiger partial charge in [0.15, 0.2) is 0 Å².